The van der Waals surface area contributed by atoms with Gasteiger partial charge in [-0.3, -0.25) is 4.79 Å². The average Bonchev–Trinajstić information content (AvgIpc) is 2.83. The highest BCUT2D eigenvalue weighted by molar-refractivity contribution is 7.89. The first-order valence-corrected chi connectivity index (χ1v) is 12.4. The Balaban J connectivity index is 1.30. The van der Waals surface area contributed by atoms with Crippen molar-refractivity contribution in [3.8, 4) is 0 Å². The van der Waals surface area contributed by atoms with E-state index in [4.69, 9.17) is 0 Å². The first-order chi connectivity index (χ1) is 16.1. The van der Waals surface area contributed by atoms with E-state index in [1.165, 1.54) is 10.4 Å². The van der Waals surface area contributed by atoms with Crippen molar-refractivity contribution in [3.63, 3.8) is 0 Å². The number of carbonyl (C=O) groups is 1. The molecule has 0 bridgehead atoms. The first kappa shape index (κ1) is 24.0. The topological polar surface area (TPSA) is 69.7 Å². The van der Waals surface area contributed by atoms with Gasteiger partial charge >= 0.3 is 6.18 Å². The van der Waals surface area contributed by atoms with Crippen LogP contribution in [-0.2, 0) is 16.2 Å². The smallest absolute Gasteiger partial charge is 0.369 e. The van der Waals surface area contributed by atoms with Crippen LogP contribution in [0.4, 0.5) is 18.9 Å². The van der Waals surface area contributed by atoms with Crippen molar-refractivity contribution in [1.82, 2.24) is 9.62 Å². The van der Waals surface area contributed by atoms with Crippen LogP contribution in [0.25, 0.3) is 10.8 Å². The van der Waals surface area contributed by atoms with Gasteiger partial charge in [0.05, 0.1) is 11.3 Å². The number of amides is 1. The van der Waals surface area contributed by atoms with Crippen molar-refractivity contribution in [3.05, 3.63) is 77.9 Å². The molecule has 180 valence electrons. The molecule has 0 atom stereocenters. The molecule has 3 aromatic rings. The fraction of sp³-hybridized carbons (Fsp3) is 0.292. The van der Waals surface area contributed by atoms with Gasteiger partial charge in [-0.2, -0.15) is 17.5 Å². The maximum Gasteiger partial charge on any atom is 0.416 e. The highest BCUT2D eigenvalue weighted by atomic mass is 32.2. The molecular formula is C24H24F3N3O3S. The molecule has 0 saturated carbocycles. The Kier molecular flexibility index (Phi) is 6.81. The Morgan fingerprint density at radius 3 is 2.29 bits per heavy atom. The standard InChI is InChI=1S/C24H24F3N3O3S/c25-24(26,27)21-6-3-7-22(17-21)29-11-13-30(14-12-29)34(32,33)15-10-28-23(31)20-9-8-18-4-1-2-5-19(18)16-20/h1-9,16-17H,10-15H2,(H,28,31). The molecule has 10 heteroatoms. The van der Waals surface area contributed by atoms with Crippen LogP contribution in [0.1, 0.15) is 15.9 Å². The Morgan fingerprint density at radius 1 is 0.882 bits per heavy atom. The number of sulfonamides is 1. The predicted molar refractivity (Wildman–Crippen MR) is 125 cm³/mol. The van der Waals surface area contributed by atoms with Crippen molar-refractivity contribution < 1.29 is 26.4 Å². The van der Waals surface area contributed by atoms with Gasteiger partial charge in [0.2, 0.25) is 10.0 Å². The zero-order valence-electron chi connectivity index (χ0n) is 18.3. The van der Waals surface area contributed by atoms with Crippen molar-refractivity contribution in [2.75, 3.05) is 43.4 Å². The molecule has 34 heavy (non-hydrogen) atoms. The molecule has 0 aromatic heterocycles. The Bertz CT molecular complexity index is 1290. The number of rotatable bonds is 6. The molecule has 3 aromatic carbocycles. The fourth-order valence-electron chi connectivity index (χ4n) is 3.96. The maximum atomic E-state index is 13.0. The third kappa shape index (κ3) is 5.51. The van der Waals surface area contributed by atoms with E-state index in [-0.39, 0.29) is 44.4 Å². The van der Waals surface area contributed by atoms with Gasteiger partial charge < -0.3 is 10.2 Å². The SMILES string of the molecule is O=C(NCCS(=O)(=O)N1CCN(c2cccc(C(F)(F)F)c2)CC1)c1ccc2ccccc2c1. The van der Waals surface area contributed by atoms with Gasteiger partial charge in [0.15, 0.2) is 0 Å². The summed E-state index contributed by atoms with van der Waals surface area (Å²) in [5.41, 5.74) is 0.127. The van der Waals surface area contributed by atoms with Crippen molar-refractivity contribution in [2.24, 2.45) is 0 Å². The normalized spacial score (nSPS) is 15.4. The van der Waals surface area contributed by atoms with Crippen molar-refractivity contribution >= 4 is 32.4 Å². The van der Waals surface area contributed by atoms with Gasteiger partial charge in [-0.15, -0.1) is 0 Å². The fourth-order valence-corrected chi connectivity index (χ4v) is 5.30. The van der Waals surface area contributed by atoms with Crippen molar-refractivity contribution in [1.29, 1.82) is 0 Å². The number of alkyl halides is 3. The van der Waals surface area contributed by atoms with E-state index in [1.807, 2.05) is 30.3 Å². The number of hydrogen-bond donors (Lipinski definition) is 1. The molecule has 0 aliphatic carbocycles. The van der Waals surface area contributed by atoms with Crippen LogP contribution in [0, 0.1) is 0 Å². The number of anilines is 1. The van der Waals surface area contributed by atoms with Crippen LogP contribution in [0.3, 0.4) is 0 Å². The number of nitrogens with zero attached hydrogens (tertiary/aromatic N) is 2. The molecule has 1 N–H and O–H groups in total. The van der Waals surface area contributed by atoms with E-state index in [2.05, 4.69) is 5.32 Å². The number of halogens is 3. The molecule has 1 amide bonds. The second kappa shape index (κ2) is 9.63. The van der Waals surface area contributed by atoms with Gasteiger partial charge in [0.1, 0.15) is 0 Å². The second-order valence-electron chi connectivity index (χ2n) is 8.07. The first-order valence-electron chi connectivity index (χ1n) is 10.8. The van der Waals surface area contributed by atoms with Gasteiger partial charge in [0, 0.05) is 44.0 Å². The van der Waals surface area contributed by atoms with Crippen LogP contribution < -0.4 is 10.2 Å². The number of hydrogen-bond acceptors (Lipinski definition) is 4. The number of benzene rings is 3. The lowest BCUT2D eigenvalue weighted by molar-refractivity contribution is -0.137. The third-order valence-electron chi connectivity index (χ3n) is 5.83. The summed E-state index contributed by atoms with van der Waals surface area (Å²) in [6.07, 6.45) is -4.43. The van der Waals surface area contributed by atoms with Crippen LogP contribution >= 0.6 is 0 Å². The summed E-state index contributed by atoms with van der Waals surface area (Å²) >= 11 is 0. The quantitative estimate of drug-likeness (QED) is 0.571. The van der Waals surface area contributed by atoms with Crippen molar-refractivity contribution in [2.45, 2.75) is 6.18 Å². The predicted octanol–water partition coefficient (Wildman–Crippen LogP) is 3.74. The van der Waals surface area contributed by atoms with E-state index >= 15 is 0 Å². The number of carbonyl (C=O) groups excluding carboxylic acids is 1. The molecule has 1 fully saturated rings. The molecule has 4 rings (SSSR count). The molecule has 0 radical (unpaired) electrons. The minimum Gasteiger partial charge on any atom is -0.369 e. The minimum absolute atomic E-state index is 0.0398. The van der Waals surface area contributed by atoms with E-state index < -0.39 is 21.8 Å². The average molecular weight is 492 g/mol. The Morgan fingerprint density at radius 2 is 1.59 bits per heavy atom. The van der Waals surface area contributed by atoms with E-state index in [9.17, 15) is 26.4 Å². The number of piperazine rings is 1. The number of nitrogens with one attached hydrogen (secondary N) is 1. The summed E-state index contributed by atoms with van der Waals surface area (Å²) in [5.74, 6) is -0.606. The minimum atomic E-state index is -4.43. The highest BCUT2D eigenvalue weighted by Gasteiger charge is 2.32. The maximum absolute atomic E-state index is 13.0. The lowest BCUT2D eigenvalue weighted by Gasteiger charge is -2.35. The van der Waals surface area contributed by atoms with E-state index in [1.54, 1.807) is 23.1 Å². The summed E-state index contributed by atoms with van der Waals surface area (Å²) in [6.45, 7) is 0.851. The van der Waals surface area contributed by atoms with Gasteiger partial charge in [-0.05, 0) is 41.1 Å². The largest absolute Gasteiger partial charge is 0.416 e. The molecule has 0 unspecified atom stereocenters. The lowest BCUT2D eigenvalue weighted by atomic mass is 10.1. The molecule has 1 aliphatic heterocycles. The zero-order chi connectivity index (χ0) is 24.3. The summed E-state index contributed by atoms with van der Waals surface area (Å²) in [4.78, 5) is 14.2. The van der Waals surface area contributed by atoms with Crippen LogP contribution in [0.5, 0.6) is 0 Å². The molecule has 1 heterocycles. The van der Waals surface area contributed by atoms with Gasteiger partial charge in [0.25, 0.3) is 5.91 Å². The summed E-state index contributed by atoms with van der Waals surface area (Å²) in [6, 6.07) is 17.9. The summed E-state index contributed by atoms with van der Waals surface area (Å²) in [5, 5.41) is 4.58. The lowest BCUT2D eigenvalue weighted by Crippen LogP contribution is -2.50. The van der Waals surface area contributed by atoms with E-state index in [0.29, 0.717) is 11.3 Å². The van der Waals surface area contributed by atoms with Crippen LogP contribution in [0.2, 0.25) is 0 Å². The van der Waals surface area contributed by atoms with E-state index in [0.717, 1.165) is 22.9 Å². The summed E-state index contributed by atoms with van der Waals surface area (Å²) < 4.78 is 65.7. The zero-order valence-corrected chi connectivity index (χ0v) is 19.1. The molecule has 6 nitrogen and oxygen atoms in total. The highest BCUT2D eigenvalue weighted by Crippen LogP contribution is 2.32. The molecule has 1 aliphatic rings. The Hall–Kier alpha value is -3.11. The number of fused-ring (bicyclic) bond motifs is 1. The molecule has 0 spiro atoms. The second-order valence-corrected chi connectivity index (χ2v) is 10.2. The van der Waals surface area contributed by atoms with Gasteiger partial charge in [-0.25, -0.2) is 8.42 Å². The molecule has 1 saturated heterocycles. The van der Waals surface area contributed by atoms with Crippen LogP contribution in [-0.4, -0.2) is 57.1 Å². The third-order valence-corrected chi connectivity index (χ3v) is 7.70. The summed E-state index contributed by atoms with van der Waals surface area (Å²) in [7, 11) is -3.62. The van der Waals surface area contributed by atoms with Gasteiger partial charge in [-0.1, -0.05) is 36.4 Å². The molecular weight excluding hydrogens is 467 g/mol. The van der Waals surface area contributed by atoms with Crippen LogP contribution in [0.15, 0.2) is 66.7 Å². The monoisotopic (exact) mass is 491 g/mol. The Labute approximate surface area is 196 Å².